The van der Waals surface area contributed by atoms with Gasteiger partial charge >= 0.3 is 17.1 Å². The first kappa shape index (κ1) is 21.5. The minimum atomic E-state index is -0.108. The topological polar surface area (TPSA) is 117 Å². The number of thiazole rings is 1. The summed E-state index contributed by atoms with van der Waals surface area (Å²) in [6, 6.07) is 3.18. The van der Waals surface area contributed by atoms with Crippen molar-refractivity contribution < 1.29 is 22.5 Å². The zero-order valence-electron chi connectivity index (χ0n) is 8.48. The summed E-state index contributed by atoms with van der Waals surface area (Å²) in [6.45, 7) is 1.94. The van der Waals surface area contributed by atoms with E-state index >= 15 is 0 Å². The molecule has 9 heteroatoms. The Labute approximate surface area is 124 Å². The second-order valence-electron chi connectivity index (χ2n) is 2.18. The average molecular weight is 336 g/mol. The quantitative estimate of drug-likeness (QED) is 0.308. The molecule has 0 amide bonds. The number of hydrogen-bond donors (Lipinski definition) is 2. The molecule has 0 unspecified atom stereocenters. The van der Waals surface area contributed by atoms with Crippen molar-refractivity contribution in [2.45, 2.75) is 6.92 Å². The summed E-state index contributed by atoms with van der Waals surface area (Å²) < 4.78 is 0.0509. The van der Waals surface area contributed by atoms with Crippen molar-refractivity contribution in [2.75, 3.05) is 0 Å². The molecule has 0 saturated carbocycles. The van der Waals surface area contributed by atoms with Crippen molar-refractivity contribution in [3.63, 3.8) is 0 Å². The van der Waals surface area contributed by atoms with Crippen molar-refractivity contribution >= 4 is 36.6 Å². The summed E-state index contributed by atoms with van der Waals surface area (Å²) in [5, 5.41) is 23.0. The van der Waals surface area contributed by atoms with Crippen LogP contribution in [0, 0.1) is 35.0 Å². The largest absolute Gasteiger partial charge is 2.00 e. The molecule has 0 atom stereocenters. The number of nitriles is 2. The van der Waals surface area contributed by atoms with Crippen molar-refractivity contribution in [1.29, 1.82) is 15.9 Å². The number of nitrogens with one attached hydrogen (secondary N) is 1. The first-order chi connectivity index (χ1) is 7.01. The number of aromatic nitrogens is 1. The Bertz CT molecular complexity index is 474. The van der Waals surface area contributed by atoms with Gasteiger partial charge in [0, 0.05) is 0 Å². The van der Waals surface area contributed by atoms with Gasteiger partial charge in [0.05, 0.1) is 0 Å². The molecule has 0 aromatic carbocycles. The number of thiol groups is 1. The number of aryl methyl sites for hydroxylation is 1. The number of rotatable bonds is 0. The van der Waals surface area contributed by atoms with Gasteiger partial charge in [-0.05, 0) is 16.6 Å². The van der Waals surface area contributed by atoms with E-state index in [2.05, 4.69) is 30.2 Å². The maximum Gasteiger partial charge on any atom is 2.00 e. The van der Waals surface area contributed by atoms with Crippen molar-refractivity contribution in [3.05, 3.63) is 25.7 Å². The van der Waals surface area contributed by atoms with E-state index in [-0.39, 0.29) is 32.4 Å². The maximum absolute atomic E-state index is 8.05. The van der Waals surface area contributed by atoms with Crippen LogP contribution >= 0.6 is 24.0 Å². The third-order valence-electron chi connectivity index (χ3n) is 1.06. The monoisotopic (exact) mass is 335 g/mol. The molecule has 1 aromatic heterocycles. The first-order valence-electron chi connectivity index (χ1n) is 3.55. The van der Waals surface area contributed by atoms with E-state index < -0.39 is 0 Å². The van der Waals surface area contributed by atoms with Gasteiger partial charge in [0.25, 0.3) is 0 Å². The Morgan fingerprint density at radius 3 is 2.06 bits per heavy atom. The van der Waals surface area contributed by atoms with Crippen LogP contribution in [0.5, 0.6) is 0 Å². The Hall–Kier alpha value is -0.801. The van der Waals surface area contributed by atoms with Crippen LogP contribution in [0.25, 0.3) is 0 Å². The summed E-state index contributed by atoms with van der Waals surface area (Å²) in [6.07, 6.45) is 1.70. The van der Waals surface area contributed by atoms with Crippen molar-refractivity contribution in [2.24, 2.45) is 0 Å². The molecule has 0 aliphatic heterocycles. The Morgan fingerprint density at radius 2 is 2.00 bits per heavy atom. The molecule has 0 aliphatic carbocycles. The zero-order valence-corrected chi connectivity index (χ0v) is 12.0. The zero-order chi connectivity index (χ0) is 11.8. The second-order valence-corrected chi connectivity index (χ2v) is 4.57. The van der Waals surface area contributed by atoms with Crippen LogP contribution in [0.15, 0.2) is 16.0 Å². The standard InChI is InChI=1S/C4H2N2S2.C4H5N2S.Cu.H2O/c5-1-3(2-6)4(7)8;1-3-2-6-4(5)7-3;;/h7-8H;2H,1H3,(H-,5,6);;1H2/q;-1;+2;/p-1. The number of hydrogen-bond acceptors (Lipinski definition) is 6. The molecule has 5 nitrogen and oxygen atoms in total. The van der Waals surface area contributed by atoms with Gasteiger partial charge in [-0.1, -0.05) is 6.20 Å². The van der Waals surface area contributed by atoms with Crippen LogP contribution in [0.2, 0.25) is 0 Å². The van der Waals surface area contributed by atoms with E-state index in [1.165, 1.54) is 11.3 Å². The average Bonchev–Trinajstić information content (AvgIpc) is 2.52. The van der Waals surface area contributed by atoms with Crippen LogP contribution in [-0.2, 0) is 29.7 Å². The van der Waals surface area contributed by atoms with Gasteiger partial charge in [-0.3, -0.25) is 0 Å². The molecule has 0 fully saturated rings. The SMILES string of the molecule is Cc1c[n-]c(=N)s1.N#CC(C#N)=C([S-])S.O.[Cu+2]. The van der Waals surface area contributed by atoms with E-state index in [0.717, 1.165) is 4.88 Å². The smallest absolute Gasteiger partial charge is 0.771 e. The predicted molar refractivity (Wildman–Crippen MR) is 66.4 cm³/mol. The van der Waals surface area contributed by atoms with Gasteiger partial charge in [0.15, 0.2) is 0 Å². The molecule has 95 valence electrons. The minimum Gasteiger partial charge on any atom is -0.771 e. The van der Waals surface area contributed by atoms with Gasteiger partial charge in [-0.2, -0.15) is 34.5 Å². The molecule has 0 saturated heterocycles. The molecule has 1 rings (SSSR count). The van der Waals surface area contributed by atoms with Crippen molar-refractivity contribution in [3.8, 4) is 12.1 Å². The van der Waals surface area contributed by atoms with Crippen molar-refractivity contribution in [1.82, 2.24) is 4.98 Å². The van der Waals surface area contributed by atoms with Crippen LogP contribution in [0.4, 0.5) is 0 Å². The molecule has 0 aliphatic rings. The van der Waals surface area contributed by atoms with Gasteiger partial charge in [-0.25, -0.2) is 0 Å². The van der Waals surface area contributed by atoms with Crippen LogP contribution in [0.1, 0.15) is 4.88 Å². The minimum absolute atomic E-state index is 0. The Kier molecular flexibility index (Phi) is 14.8. The van der Waals surface area contributed by atoms with E-state index in [0.29, 0.717) is 4.80 Å². The second kappa shape index (κ2) is 11.7. The molecular formula is C8H8CuN4OS3. The maximum atomic E-state index is 8.05. The van der Waals surface area contributed by atoms with Crippen LogP contribution in [-0.4, -0.2) is 5.48 Å². The molecule has 1 radical (unpaired) electrons. The van der Waals surface area contributed by atoms with Gasteiger partial charge in [0.2, 0.25) is 0 Å². The normalized spacial score (nSPS) is 6.82. The molecular weight excluding hydrogens is 328 g/mol. The van der Waals surface area contributed by atoms with Gasteiger partial charge in [-0.15, -0.1) is 4.24 Å². The van der Waals surface area contributed by atoms with E-state index in [1.54, 1.807) is 18.3 Å². The fourth-order valence-corrected chi connectivity index (χ4v) is 1.18. The number of allylic oxidation sites excluding steroid dienone is 1. The molecule has 0 spiro atoms. The number of nitrogens with zero attached hydrogens (tertiary/aromatic N) is 3. The molecule has 0 bridgehead atoms. The van der Waals surface area contributed by atoms with Gasteiger partial charge in [0.1, 0.15) is 17.7 Å². The molecule has 3 N–H and O–H groups in total. The summed E-state index contributed by atoms with van der Waals surface area (Å²) >= 11 is 9.40. The van der Waals surface area contributed by atoms with E-state index in [4.69, 9.17) is 15.9 Å². The molecule has 1 heterocycles. The Morgan fingerprint density at radius 1 is 1.53 bits per heavy atom. The van der Waals surface area contributed by atoms with Crippen LogP contribution in [0.3, 0.4) is 0 Å². The summed E-state index contributed by atoms with van der Waals surface area (Å²) in [5.41, 5.74) is -0.108. The summed E-state index contributed by atoms with van der Waals surface area (Å²) in [7, 11) is 0. The Balaban J connectivity index is -0.000000207. The molecule has 17 heavy (non-hydrogen) atoms. The third kappa shape index (κ3) is 10.1. The third-order valence-corrected chi connectivity index (χ3v) is 2.21. The van der Waals surface area contributed by atoms with Crippen LogP contribution < -0.4 is 9.79 Å². The summed E-state index contributed by atoms with van der Waals surface area (Å²) in [4.78, 5) is 5.20. The fraction of sp³-hybridized carbons (Fsp3) is 0.125. The predicted octanol–water partition coefficient (Wildman–Crippen LogP) is 0.388. The van der Waals surface area contributed by atoms with E-state index in [1.807, 2.05) is 6.92 Å². The first-order valence-corrected chi connectivity index (χ1v) is 5.23. The summed E-state index contributed by atoms with van der Waals surface area (Å²) in [5.74, 6) is 0. The van der Waals surface area contributed by atoms with Gasteiger partial charge < -0.3 is 28.5 Å². The fourth-order valence-electron chi connectivity index (χ4n) is 0.475. The molecule has 1 aromatic rings. The van der Waals surface area contributed by atoms with E-state index in [9.17, 15) is 0 Å².